The van der Waals surface area contributed by atoms with Gasteiger partial charge in [0.05, 0.1) is 30.8 Å². The van der Waals surface area contributed by atoms with Gasteiger partial charge in [0.2, 0.25) is 0 Å². The van der Waals surface area contributed by atoms with Gasteiger partial charge in [-0.1, -0.05) is 70.0 Å². The molecular weight excluding hydrogens is 425 g/mol. The summed E-state index contributed by atoms with van der Waals surface area (Å²) < 4.78 is 11.7. The van der Waals surface area contributed by atoms with E-state index in [1.165, 1.54) is 47.9 Å². The molecule has 1 fully saturated rings. The molecule has 172 valence electrons. The molecule has 3 aromatic rings. The van der Waals surface area contributed by atoms with Crippen LogP contribution in [0.1, 0.15) is 46.5 Å². The Labute approximate surface area is 199 Å². The largest absolute Gasteiger partial charge is 0.496 e. The van der Waals surface area contributed by atoms with E-state index in [1.54, 1.807) is 14.2 Å². The molecule has 0 saturated heterocycles. The third kappa shape index (κ3) is 3.44. The average molecular weight is 460 g/mol. The fourth-order valence-corrected chi connectivity index (χ4v) is 10.5. The molecule has 33 heavy (non-hydrogen) atoms. The molecule has 2 aliphatic rings. The number of ether oxygens (including phenoxy) is 2. The first-order valence-corrected chi connectivity index (χ1v) is 13.3. The molecule has 3 nitrogen and oxygen atoms in total. The summed E-state index contributed by atoms with van der Waals surface area (Å²) in [6, 6.07) is 23.9. The number of hydrogen-bond acceptors (Lipinski definition) is 3. The Morgan fingerprint density at radius 1 is 0.788 bits per heavy atom. The third-order valence-corrected chi connectivity index (χ3v) is 10.8. The van der Waals surface area contributed by atoms with Crippen LogP contribution in [0.4, 0.5) is 11.4 Å². The lowest BCUT2D eigenvalue weighted by Crippen LogP contribution is -2.42. The van der Waals surface area contributed by atoms with Gasteiger partial charge in [0.1, 0.15) is 11.5 Å². The van der Waals surface area contributed by atoms with Crippen molar-refractivity contribution >= 4 is 24.6 Å². The van der Waals surface area contributed by atoms with Gasteiger partial charge in [0.25, 0.3) is 0 Å². The number of nitrogens with zero attached hydrogens (tertiary/aromatic N) is 1. The second kappa shape index (κ2) is 8.37. The van der Waals surface area contributed by atoms with Crippen molar-refractivity contribution in [2.45, 2.75) is 56.9 Å². The topological polar surface area (TPSA) is 21.7 Å². The number of anilines is 2. The lowest BCUT2D eigenvalue weighted by molar-refractivity contribution is 0.397. The summed E-state index contributed by atoms with van der Waals surface area (Å²) in [6.45, 7) is 7.31. The SMILES string of the molecule is COc1cccc(OC)c1-c1cccc2c1[P@@](C(C)(C)C)C1(CCCC1)N2c1ccccc1. The predicted octanol–water partition coefficient (Wildman–Crippen LogP) is 7.70. The van der Waals surface area contributed by atoms with E-state index in [-0.39, 0.29) is 10.4 Å². The minimum absolute atomic E-state index is 0.141. The Kier molecular flexibility index (Phi) is 5.65. The van der Waals surface area contributed by atoms with Gasteiger partial charge in [-0.15, -0.1) is 0 Å². The Bertz CT molecular complexity index is 1120. The van der Waals surface area contributed by atoms with E-state index < -0.39 is 7.92 Å². The molecule has 3 aromatic carbocycles. The molecule has 0 bridgehead atoms. The molecule has 1 aliphatic heterocycles. The zero-order valence-electron chi connectivity index (χ0n) is 20.4. The highest BCUT2D eigenvalue weighted by atomic mass is 31.1. The zero-order chi connectivity index (χ0) is 23.2. The summed E-state index contributed by atoms with van der Waals surface area (Å²) in [5, 5.41) is 1.79. The van der Waals surface area contributed by atoms with Crippen LogP contribution in [0.15, 0.2) is 66.7 Å². The maximum atomic E-state index is 5.86. The molecule has 0 N–H and O–H groups in total. The van der Waals surface area contributed by atoms with Crippen molar-refractivity contribution in [3.05, 3.63) is 66.7 Å². The Balaban J connectivity index is 1.86. The molecule has 5 rings (SSSR count). The number of para-hydroxylation sites is 1. The van der Waals surface area contributed by atoms with Crippen LogP contribution in [0.25, 0.3) is 11.1 Å². The summed E-state index contributed by atoms with van der Waals surface area (Å²) in [5.41, 5.74) is 4.99. The molecule has 0 amide bonds. The highest BCUT2D eigenvalue weighted by molar-refractivity contribution is 7.70. The Morgan fingerprint density at radius 2 is 1.39 bits per heavy atom. The second-order valence-corrected chi connectivity index (χ2v) is 13.4. The van der Waals surface area contributed by atoms with Gasteiger partial charge < -0.3 is 14.4 Å². The Hall–Kier alpha value is -2.51. The van der Waals surface area contributed by atoms with Crippen molar-refractivity contribution in [3.63, 3.8) is 0 Å². The van der Waals surface area contributed by atoms with E-state index in [2.05, 4.69) is 74.2 Å². The van der Waals surface area contributed by atoms with Crippen molar-refractivity contribution in [1.29, 1.82) is 0 Å². The van der Waals surface area contributed by atoms with Crippen LogP contribution in [-0.4, -0.2) is 24.7 Å². The van der Waals surface area contributed by atoms with E-state index in [4.69, 9.17) is 9.47 Å². The van der Waals surface area contributed by atoms with Crippen molar-refractivity contribution in [2.75, 3.05) is 19.1 Å². The number of benzene rings is 3. The summed E-state index contributed by atoms with van der Waals surface area (Å²) in [6.07, 6.45) is 5.06. The average Bonchev–Trinajstić information content (AvgIpc) is 3.41. The zero-order valence-corrected chi connectivity index (χ0v) is 21.3. The maximum Gasteiger partial charge on any atom is 0.130 e. The smallest absolute Gasteiger partial charge is 0.130 e. The maximum absolute atomic E-state index is 5.86. The van der Waals surface area contributed by atoms with Crippen molar-refractivity contribution < 1.29 is 9.47 Å². The standard InChI is InChI=1S/C29H34NO2P/c1-28(2,3)33-27-22(26-24(31-4)17-12-18-25(26)32-5)15-11-16-23(27)30(21-13-7-6-8-14-21)29(33)19-9-10-20-29/h6-8,11-18H,9-10,19-20H2,1-5H3/t33-/m0/s1. The fourth-order valence-electron chi connectivity index (χ4n) is 6.10. The van der Waals surface area contributed by atoms with Gasteiger partial charge in [-0.05, 0) is 61.8 Å². The lowest BCUT2D eigenvalue weighted by atomic mass is 10.0. The van der Waals surface area contributed by atoms with Crippen LogP contribution in [0.2, 0.25) is 0 Å². The van der Waals surface area contributed by atoms with Gasteiger partial charge >= 0.3 is 0 Å². The third-order valence-electron chi connectivity index (χ3n) is 7.10. The summed E-state index contributed by atoms with van der Waals surface area (Å²) in [5.74, 6) is 1.73. The van der Waals surface area contributed by atoms with Crippen molar-refractivity contribution in [2.24, 2.45) is 0 Å². The van der Waals surface area contributed by atoms with Crippen LogP contribution >= 0.6 is 7.92 Å². The minimum Gasteiger partial charge on any atom is -0.496 e. The normalized spacial score (nSPS) is 19.1. The monoisotopic (exact) mass is 459 g/mol. The van der Waals surface area contributed by atoms with Gasteiger partial charge in [0, 0.05) is 11.0 Å². The van der Waals surface area contributed by atoms with Crippen LogP contribution in [0.3, 0.4) is 0 Å². The second-order valence-electron chi connectivity index (χ2n) is 10.1. The van der Waals surface area contributed by atoms with Crippen molar-refractivity contribution in [1.82, 2.24) is 0 Å². The molecule has 0 unspecified atom stereocenters. The lowest BCUT2D eigenvalue weighted by Gasteiger charge is -2.46. The summed E-state index contributed by atoms with van der Waals surface area (Å²) >= 11 is 0. The molecule has 1 aliphatic carbocycles. The van der Waals surface area contributed by atoms with E-state index in [0.29, 0.717) is 0 Å². The van der Waals surface area contributed by atoms with Crippen LogP contribution in [0.5, 0.6) is 11.5 Å². The quantitative estimate of drug-likeness (QED) is 0.373. The van der Waals surface area contributed by atoms with E-state index in [1.807, 2.05) is 18.2 Å². The highest BCUT2D eigenvalue weighted by Crippen LogP contribution is 2.73. The summed E-state index contributed by atoms with van der Waals surface area (Å²) in [7, 11) is 2.99. The molecule has 1 saturated carbocycles. The molecule has 1 spiro atoms. The first kappa shape index (κ1) is 22.3. The minimum atomic E-state index is -0.515. The van der Waals surface area contributed by atoms with Crippen LogP contribution in [0, 0.1) is 0 Å². The van der Waals surface area contributed by atoms with E-state index >= 15 is 0 Å². The van der Waals surface area contributed by atoms with Crippen molar-refractivity contribution in [3.8, 4) is 22.6 Å². The molecule has 1 heterocycles. The van der Waals surface area contributed by atoms with Crippen LogP contribution in [-0.2, 0) is 0 Å². The molecular formula is C29H34NO2P. The van der Waals surface area contributed by atoms with E-state index in [9.17, 15) is 0 Å². The molecule has 4 heteroatoms. The Morgan fingerprint density at radius 3 is 1.97 bits per heavy atom. The molecule has 0 aromatic heterocycles. The number of fused-ring (bicyclic) bond motifs is 1. The first-order chi connectivity index (χ1) is 15.9. The summed E-state index contributed by atoms with van der Waals surface area (Å²) in [4.78, 5) is 2.71. The van der Waals surface area contributed by atoms with Gasteiger partial charge in [-0.2, -0.15) is 0 Å². The molecule has 0 radical (unpaired) electrons. The first-order valence-electron chi connectivity index (χ1n) is 11.9. The van der Waals surface area contributed by atoms with Gasteiger partial charge in [0.15, 0.2) is 0 Å². The highest BCUT2D eigenvalue weighted by Gasteiger charge is 2.57. The van der Waals surface area contributed by atoms with Gasteiger partial charge in [-0.3, -0.25) is 0 Å². The van der Waals surface area contributed by atoms with E-state index in [0.717, 1.165) is 17.1 Å². The van der Waals surface area contributed by atoms with Crippen LogP contribution < -0.4 is 19.7 Å². The number of hydrogen-bond donors (Lipinski definition) is 0. The number of rotatable bonds is 4. The molecule has 1 atom stereocenters. The number of methoxy groups -OCH3 is 2. The fraction of sp³-hybridized carbons (Fsp3) is 0.379. The predicted molar refractivity (Wildman–Crippen MR) is 141 cm³/mol. The van der Waals surface area contributed by atoms with Gasteiger partial charge in [-0.25, -0.2) is 0 Å².